The molecule has 0 saturated heterocycles. The number of benzene rings is 1. The molecule has 0 spiro atoms. The number of ketones is 1. The minimum Gasteiger partial charge on any atom is -0.491 e. The fourth-order valence-corrected chi connectivity index (χ4v) is 4.52. The average molecular weight is 515 g/mol. The second kappa shape index (κ2) is 16.5. The van der Waals surface area contributed by atoms with Gasteiger partial charge in [-0.05, 0) is 87.8 Å². The number of fused-ring (bicyclic) bond motifs is 1. The highest BCUT2D eigenvalue weighted by Gasteiger charge is 2.20. The fraction of sp³-hybridized carbons (Fsp3) is 0.621. The molecule has 1 aliphatic carbocycles. The van der Waals surface area contributed by atoms with E-state index < -0.39 is 0 Å². The summed E-state index contributed by atoms with van der Waals surface area (Å²) in [7, 11) is 1.81. The van der Waals surface area contributed by atoms with E-state index in [1.54, 1.807) is 14.0 Å². The van der Waals surface area contributed by atoms with Gasteiger partial charge < -0.3 is 28.5 Å². The Morgan fingerprint density at radius 2 is 1.54 bits per heavy atom. The number of aromatic nitrogens is 2. The first-order valence-corrected chi connectivity index (χ1v) is 13.4. The van der Waals surface area contributed by atoms with E-state index in [0.29, 0.717) is 58.8 Å². The van der Waals surface area contributed by atoms with Gasteiger partial charge in [-0.1, -0.05) is 0 Å². The van der Waals surface area contributed by atoms with Gasteiger partial charge in [0, 0.05) is 25.7 Å². The molecule has 3 rings (SSSR count). The molecule has 8 heteroatoms. The van der Waals surface area contributed by atoms with Crippen molar-refractivity contribution in [2.45, 2.75) is 64.9 Å². The normalized spacial score (nSPS) is 15.6. The summed E-state index contributed by atoms with van der Waals surface area (Å²) in [5.41, 5.74) is 5.72. The number of nitrogens with zero attached hydrogens (tertiary/aromatic N) is 2. The van der Waals surface area contributed by atoms with Gasteiger partial charge in [0.2, 0.25) is 0 Å². The Hall–Kier alpha value is -2.39. The van der Waals surface area contributed by atoms with Crippen molar-refractivity contribution < 1.29 is 28.5 Å². The number of carbonyl (C=O) groups excluding carboxylic acids is 1. The summed E-state index contributed by atoms with van der Waals surface area (Å²) in [4.78, 5) is 10.8. The molecular weight excluding hydrogens is 472 g/mol. The van der Waals surface area contributed by atoms with Crippen LogP contribution in [0.15, 0.2) is 24.3 Å². The van der Waals surface area contributed by atoms with Gasteiger partial charge in [-0.2, -0.15) is 5.10 Å². The van der Waals surface area contributed by atoms with Crippen molar-refractivity contribution in [3.8, 4) is 17.0 Å². The van der Waals surface area contributed by atoms with Crippen molar-refractivity contribution in [3.63, 3.8) is 0 Å². The lowest BCUT2D eigenvalue weighted by Gasteiger charge is -2.22. The summed E-state index contributed by atoms with van der Waals surface area (Å²) in [6.07, 6.45) is 6.82. The monoisotopic (exact) mass is 514 g/mol. The lowest BCUT2D eigenvalue weighted by atomic mass is 9.89. The topological polar surface area (TPSA) is 89.0 Å². The van der Waals surface area contributed by atoms with Crippen LogP contribution < -0.4 is 4.74 Å². The molecule has 1 aromatic heterocycles. The lowest BCUT2D eigenvalue weighted by molar-refractivity contribution is -0.117. The lowest BCUT2D eigenvalue weighted by Crippen LogP contribution is -2.17. The predicted octanol–water partition coefficient (Wildman–Crippen LogP) is 4.53. The molecule has 0 aliphatic heterocycles. The molecule has 0 fully saturated rings. The van der Waals surface area contributed by atoms with Gasteiger partial charge in [-0.3, -0.25) is 0 Å². The number of carbonyl (C=O) groups is 1. The quantitative estimate of drug-likeness (QED) is 0.302. The fourth-order valence-electron chi connectivity index (χ4n) is 4.52. The summed E-state index contributed by atoms with van der Waals surface area (Å²) in [5, 5.41) is 9.04. The second-order valence-corrected chi connectivity index (χ2v) is 9.40. The molecule has 8 nitrogen and oxygen atoms in total. The average Bonchev–Trinajstić information content (AvgIpc) is 2.88. The zero-order valence-electron chi connectivity index (χ0n) is 22.6. The highest BCUT2D eigenvalue weighted by Crippen LogP contribution is 2.31. The van der Waals surface area contributed by atoms with Gasteiger partial charge in [0.15, 0.2) is 0 Å². The maximum Gasteiger partial charge on any atom is 0.129 e. The Balaban J connectivity index is 1.35. The summed E-state index contributed by atoms with van der Waals surface area (Å²) in [6, 6.07) is 8.07. The zero-order chi connectivity index (χ0) is 26.3. The van der Waals surface area contributed by atoms with Crippen molar-refractivity contribution in [2.24, 2.45) is 0 Å². The summed E-state index contributed by atoms with van der Waals surface area (Å²) in [5.74, 6) is 0.997. The Morgan fingerprint density at radius 1 is 0.865 bits per heavy atom. The van der Waals surface area contributed by atoms with Crippen LogP contribution in [-0.2, 0) is 36.6 Å². The van der Waals surface area contributed by atoms with E-state index in [-0.39, 0.29) is 5.78 Å². The molecule has 0 saturated carbocycles. The maximum atomic E-state index is 10.8. The highest BCUT2D eigenvalue weighted by molar-refractivity contribution is 5.75. The molecule has 1 aliphatic rings. The third-order valence-electron chi connectivity index (χ3n) is 6.58. The molecule has 1 heterocycles. The molecular formula is C29H42N2O6. The Kier molecular flexibility index (Phi) is 13.0. The predicted molar refractivity (Wildman–Crippen MR) is 142 cm³/mol. The SMILES string of the molecule is COC1CCCc2c(-c3ccc(OCCOCCOCCOCCCC(C)=O)cc3)nnc(C)c2CC1. The summed E-state index contributed by atoms with van der Waals surface area (Å²) >= 11 is 0. The van der Waals surface area contributed by atoms with Crippen LogP contribution in [0.5, 0.6) is 5.75 Å². The minimum atomic E-state index is 0.195. The standard InChI is InChI=1S/C29H42N2O6/c1-22(32)6-5-15-34-16-17-35-18-19-36-20-21-37-26-11-9-24(10-12-26)29-28-8-4-7-25(33-3)13-14-27(28)23(2)30-31-29/h9-12,25H,4-8,13-21H2,1-3H3. The number of Topliss-reactive ketones (excluding diaryl/α,β-unsaturated/α-hetero) is 1. The van der Waals surface area contributed by atoms with Crippen LogP contribution in [0.25, 0.3) is 11.3 Å². The minimum absolute atomic E-state index is 0.195. The third-order valence-corrected chi connectivity index (χ3v) is 6.58. The van der Waals surface area contributed by atoms with Crippen molar-refractivity contribution in [3.05, 3.63) is 41.1 Å². The van der Waals surface area contributed by atoms with E-state index in [1.807, 2.05) is 12.1 Å². The molecule has 0 bridgehead atoms. The molecule has 0 amide bonds. The molecule has 1 aromatic carbocycles. The van der Waals surface area contributed by atoms with Gasteiger partial charge in [0.1, 0.15) is 18.1 Å². The van der Waals surface area contributed by atoms with E-state index in [4.69, 9.17) is 23.7 Å². The van der Waals surface area contributed by atoms with Crippen LogP contribution in [0.2, 0.25) is 0 Å². The van der Waals surface area contributed by atoms with E-state index in [1.165, 1.54) is 11.1 Å². The maximum absolute atomic E-state index is 10.8. The van der Waals surface area contributed by atoms with Gasteiger partial charge >= 0.3 is 0 Å². The van der Waals surface area contributed by atoms with Gasteiger partial charge in [-0.15, -0.1) is 5.10 Å². The van der Waals surface area contributed by atoms with Crippen LogP contribution in [0.1, 0.15) is 55.8 Å². The molecule has 0 N–H and O–H groups in total. The van der Waals surface area contributed by atoms with Crippen LogP contribution in [0.3, 0.4) is 0 Å². The van der Waals surface area contributed by atoms with Crippen molar-refractivity contribution in [1.82, 2.24) is 10.2 Å². The van der Waals surface area contributed by atoms with E-state index in [2.05, 4.69) is 29.3 Å². The smallest absolute Gasteiger partial charge is 0.129 e. The first kappa shape index (κ1) is 29.2. The van der Waals surface area contributed by atoms with E-state index >= 15 is 0 Å². The molecule has 1 unspecified atom stereocenters. The number of ether oxygens (including phenoxy) is 5. The number of aryl methyl sites for hydroxylation is 1. The van der Waals surface area contributed by atoms with Gasteiger partial charge in [-0.25, -0.2) is 0 Å². The molecule has 0 radical (unpaired) electrons. The molecule has 37 heavy (non-hydrogen) atoms. The number of hydrogen-bond acceptors (Lipinski definition) is 8. The van der Waals surface area contributed by atoms with Crippen LogP contribution in [0, 0.1) is 6.92 Å². The summed E-state index contributed by atoms with van der Waals surface area (Å²) in [6.45, 7) is 7.28. The zero-order valence-corrected chi connectivity index (χ0v) is 22.6. The third kappa shape index (κ3) is 10.1. The molecule has 1 atom stereocenters. The van der Waals surface area contributed by atoms with Crippen molar-refractivity contribution >= 4 is 5.78 Å². The largest absolute Gasteiger partial charge is 0.491 e. The Bertz CT molecular complexity index is 950. The van der Waals surface area contributed by atoms with Crippen molar-refractivity contribution in [2.75, 3.05) is 53.4 Å². The van der Waals surface area contributed by atoms with E-state index in [0.717, 1.165) is 61.2 Å². The van der Waals surface area contributed by atoms with Crippen molar-refractivity contribution in [1.29, 1.82) is 0 Å². The van der Waals surface area contributed by atoms with Gasteiger partial charge in [0.05, 0.1) is 50.5 Å². The second-order valence-electron chi connectivity index (χ2n) is 9.40. The molecule has 2 aromatic rings. The Morgan fingerprint density at radius 3 is 2.22 bits per heavy atom. The number of methoxy groups -OCH3 is 1. The summed E-state index contributed by atoms with van der Waals surface area (Å²) < 4.78 is 27.9. The number of rotatable bonds is 16. The van der Waals surface area contributed by atoms with Crippen LogP contribution in [0.4, 0.5) is 0 Å². The highest BCUT2D eigenvalue weighted by atomic mass is 16.6. The number of hydrogen-bond donors (Lipinski definition) is 0. The first-order valence-electron chi connectivity index (χ1n) is 13.4. The van der Waals surface area contributed by atoms with Crippen LogP contribution in [-0.4, -0.2) is 75.4 Å². The first-order chi connectivity index (χ1) is 18.1. The Labute approximate surface area is 221 Å². The molecule has 204 valence electrons. The van der Waals surface area contributed by atoms with Gasteiger partial charge in [0.25, 0.3) is 0 Å². The van der Waals surface area contributed by atoms with E-state index in [9.17, 15) is 4.79 Å². The van der Waals surface area contributed by atoms with Crippen LogP contribution >= 0.6 is 0 Å².